The van der Waals surface area contributed by atoms with Gasteiger partial charge in [-0.3, -0.25) is 4.79 Å². The van der Waals surface area contributed by atoms with Crippen LogP contribution < -0.4 is 11.1 Å². The highest BCUT2D eigenvalue weighted by Gasteiger charge is 2.10. The molecule has 1 amide bonds. The quantitative estimate of drug-likeness (QED) is 0.814. The molecular weight excluding hydrogens is 355 g/mol. The maximum atomic E-state index is 11.9. The first-order chi connectivity index (χ1) is 10.6. The minimum Gasteiger partial charge on any atom is -0.350 e. The molecule has 0 spiro atoms. The fraction of sp³-hybridized carbons (Fsp3) is 0.267. The lowest BCUT2D eigenvalue weighted by Gasteiger charge is -2.09. The van der Waals surface area contributed by atoms with Crippen LogP contribution >= 0.6 is 35.8 Å². The number of carbonyl (C=O) groups is 1. The molecule has 2 rings (SSSR count). The van der Waals surface area contributed by atoms with Crippen LogP contribution in [0.1, 0.15) is 17.4 Å². The molecular formula is C15H18Cl2N4OS. The number of benzene rings is 1. The van der Waals surface area contributed by atoms with E-state index in [9.17, 15) is 4.79 Å². The molecule has 0 aliphatic carbocycles. The van der Waals surface area contributed by atoms with Crippen LogP contribution in [0.3, 0.4) is 0 Å². The summed E-state index contributed by atoms with van der Waals surface area (Å²) in [7, 11) is 0. The fourth-order valence-electron chi connectivity index (χ4n) is 1.58. The average Bonchev–Trinajstić information content (AvgIpc) is 2.55. The lowest BCUT2D eigenvalue weighted by Crippen LogP contribution is -2.31. The van der Waals surface area contributed by atoms with Crippen molar-refractivity contribution in [2.75, 3.05) is 13.1 Å². The SMILES string of the molecule is CC(CN)CNC(=O)c1ccc(Sc2ccccc2Cl)nn1.Cl. The van der Waals surface area contributed by atoms with E-state index in [-0.39, 0.29) is 29.9 Å². The summed E-state index contributed by atoms with van der Waals surface area (Å²) in [6.45, 7) is 3.02. The van der Waals surface area contributed by atoms with Gasteiger partial charge in [0.1, 0.15) is 5.03 Å². The van der Waals surface area contributed by atoms with E-state index in [4.69, 9.17) is 17.3 Å². The summed E-state index contributed by atoms with van der Waals surface area (Å²) in [5.74, 6) is -0.0194. The number of nitrogens with one attached hydrogen (secondary N) is 1. The van der Waals surface area contributed by atoms with Crippen LogP contribution in [-0.2, 0) is 0 Å². The predicted molar refractivity (Wildman–Crippen MR) is 95.4 cm³/mol. The standard InChI is InChI=1S/C15H17ClN4OS.ClH/c1-10(8-17)9-18-15(21)12-6-7-14(20-19-12)22-13-5-3-2-4-11(13)16;/h2-7,10H,8-9,17H2,1H3,(H,18,21);1H. The Morgan fingerprint density at radius 2 is 2.04 bits per heavy atom. The third kappa shape index (κ3) is 5.99. The maximum absolute atomic E-state index is 11.9. The van der Waals surface area contributed by atoms with E-state index in [0.29, 0.717) is 23.1 Å². The fourth-order valence-corrected chi connectivity index (χ4v) is 2.58. The zero-order valence-corrected chi connectivity index (χ0v) is 14.9. The summed E-state index contributed by atoms with van der Waals surface area (Å²) in [5.41, 5.74) is 5.79. The van der Waals surface area contributed by atoms with Gasteiger partial charge < -0.3 is 11.1 Å². The Labute approximate surface area is 150 Å². The molecule has 0 bridgehead atoms. The van der Waals surface area contributed by atoms with Gasteiger partial charge in [-0.1, -0.05) is 42.4 Å². The van der Waals surface area contributed by atoms with Crippen molar-refractivity contribution in [2.24, 2.45) is 11.7 Å². The van der Waals surface area contributed by atoms with Gasteiger partial charge in [0.25, 0.3) is 5.91 Å². The number of aromatic nitrogens is 2. The number of nitrogens with two attached hydrogens (primary N) is 1. The lowest BCUT2D eigenvalue weighted by molar-refractivity contribution is 0.0942. The molecule has 0 radical (unpaired) electrons. The van der Waals surface area contributed by atoms with Crippen LogP contribution in [0, 0.1) is 5.92 Å². The second-order valence-electron chi connectivity index (χ2n) is 4.84. The summed E-state index contributed by atoms with van der Waals surface area (Å²) >= 11 is 7.50. The lowest BCUT2D eigenvalue weighted by atomic mass is 10.2. The third-order valence-electron chi connectivity index (χ3n) is 2.94. The van der Waals surface area contributed by atoms with Crippen LogP contribution in [0.25, 0.3) is 0 Å². The first-order valence-corrected chi connectivity index (χ1v) is 8.04. The molecule has 1 unspecified atom stereocenters. The molecule has 1 atom stereocenters. The molecule has 0 aliphatic rings. The van der Waals surface area contributed by atoms with Gasteiger partial charge in [-0.25, -0.2) is 0 Å². The van der Waals surface area contributed by atoms with Crippen LogP contribution in [0.15, 0.2) is 46.3 Å². The maximum Gasteiger partial charge on any atom is 0.271 e. The predicted octanol–water partition coefficient (Wildman–Crippen LogP) is 3.03. The second kappa shape index (κ2) is 9.72. The number of halogens is 2. The Kier molecular flexibility index (Phi) is 8.33. The zero-order valence-electron chi connectivity index (χ0n) is 12.5. The van der Waals surface area contributed by atoms with Crippen molar-refractivity contribution in [3.05, 3.63) is 47.1 Å². The summed E-state index contributed by atoms with van der Waals surface area (Å²) in [4.78, 5) is 12.8. The summed E-state index contributed by atoms with van der Waals surface area (Å²) in [6.07, 6.45) is 0. The number of rotatable bonds is 6. The van der Waals surface area contributed by atoms with Crippen molar-refractivity contribution >= 4 is 41.7 Å². The zero-order chi connectivity index (χ0) is 15.9. The molecule has 3 N–H and O–H groups in total. The Balaban J connectivity index is 0.00000264. The number of hydrogen-bond acceptors (Lipinski definition) is 5. The smallest absolute Gasteiger partial charge is 0.271 e. The van der Waals surface area contributed by atoms with Gasteiger partial charge in [0, 0.05) is 11.4 Å². The number of carbonyl (C=O) groups excluding carboxylic acids is 1. The van der Waals surface area contributed by atoms with Crippen molar-refractivity contribution in [3.8, 4) is 0 Å². The molecule has 1 aromatic heterocycles. The second-order valence-corrected chi connectivity index (χ2v) is 6.31. The van der Waals surface area contributed by atoms with Crippen molar-refractivity contribution in [1.82, 2.24) is 15.5 Å². The molecule has 1 aromatic carbocycles. The molecule has 1 heterocycles. The van der Waals surface area contributed by atoms with Crippen molar-refractivity contribution < 1.29 is 4.79 Å². The molecule has 0 saturated heterocycles. The number of nitrogens with zero attached hydrogens (tertiary/aromatic N) is 2. The summed E-state index contributed by atoms with van der Waals surface area (Å²) in [6, 6.07) is 10.9. The first kappa shape index (κ1) is 19.7. The summed E-state index contributed by atoms with van der Waals surface area (Å²) < 4.78 is 0. The van der Waals surface area contributed by atoms with E-state index in [1.807, 2.05) is 31.2 Å². The molecule has 23 heavy (non-hydrogen) atoms. The molecule has 5 nitrogen and oxygen atoms in total. The molecule has 0 aliphatic heterocycles. The number of hydrogen-bond donors (Lipinski definition) is 2. The largest absolute Gasteiger partial charge is 0.350 e. The normalized spacial score (nSPS) is 11.4. The van der Waals surface area contributed by atoms with Gasteiger partial charge in [0.05, 0.1) is 5.02 Å². The van der Waals surface area contributed by atoms with Gasteiger partial charge in [0.2, 0.25) is 0 Å². The van der Waals surface area contributed by atoms with Crippen molar-refractivity contribution in [2.45, 2.75) is 16.8 Å². The van der Waals surface area contributed by atoms with Crippen LogP contribution in [-0.4, -0.2) is 29.2 Å². The highest BCUT2D eigenvalue weighted by molar-refractivity contribution is 7.99. The topological polar surface area (TPSA) is 80.9 Å². The minimum absolute atomic E-state index is 0. The highest BCUT2D eigenvalue weighted by atomic mass is 35.5. The molecule has 2 aromatic rings. The Hall–Kier alpha value is -1.34. The average molecular weight is 373 g/mol. The van der Waals surface area contributed by atoms with Gasteiger partial charge in [-0.2, -0.15) is 0 Å². The van der Waals surface area contributed by atoms with Crippen molar-refractivity contribution in [3.63, 3.8) is 0 Å². The molecule has 124 valence electrons. The monoisotopic (exact) mass is 372 g/mol. The van der Waals surface area contributed by atoms with E-state index in [1.165, 1.54) is 11.8 Å². The van der Waals surface area contributed by atoms with E-state index in [0.717, 1.165) is 4.90 Å². The van der Waals surface area contributed by atoms with E-state index < -0.39 is 0 Å². The Bertz CT molecular complexity index is 640. The summed E-state index contributed by atoms with van der Waals surface area (Å²) in [5, 5.41) is 12.1. The van der Waals surface area contributed by atoms with Crippen molar-refractivity contribution in [1.29, 1.82) is 0 Å². The highest BCUT2D eigenvalue weighted by Crippen LogP contribution is 2.31. The van der Waals surface area contributed by atoms with Gasteiger partial charge >= 0.3 is 0 Å². The number of amides is 1. The van der Waals surface area contributed by atoms with E-state index >= 15 is 0 Å². The van der Waals surface area contributed by atoms with Gasteiger partial charge in [0.15, 0.2) is 5.69 Å². The third-order valence-corrected chi connectivity index (χ3v) is 4.38. The first-order valence-electron chi connectivity index (χ1n) is 6.84. The van der Waals surface area contributed by atoms with Gasteiger partial charge in [-0.05, 0) is 36.7 Å². The Morgan fingerprint density at radius 3 is 2.65 bits per heavy atom. The minimum atomic E-state index is -0.248. The molecule has 8 heteroatoms. The molecule has 0 saturated carbocycles. The van der Waals surface area contributed by atoms with Crippen LogP contribution in [0.4, 0.5) is 0 Å². The molecule has 0 fully saturated rings. The van der Waals surface area contributed by atoms with Gasteiger partial charge in [-0.15, -0.1) is 22.6 Å². The van der Waals surface area contributed by atoms with Crippen LogP contribution in [0.2, 0.25) is 5.02 Å². The van der Waals surface area contributed by atoms with E-state index in [2.05, 4.69) is 15.5 Å². The Morgan fingerprint density at radius 1 is 1.30 bits per heavy atom. The van der Waals surface area contributed by atoms with E-state index in [1.54, 1.807) is 12.1 Å². The van der Waals surface area contributed by atoms with Crippen LogP contribution in [0.5, 0.6) is 0 Å².